The van der Waals surface area contributed by atoms with Crippen molar-refractivity contribution in [1.82, 2.24) is 0 Å². The van der Waals surface area contributed by atoms with Gasteiger partial charge in [-0.25, -0.2) is 0 Å². The van der Waals surface area contributed by atoms with E-state index in [0.29, 0.717) is 0 Å². The predicted octanol–water partition coefficient (Wildman–Crippen LogP) is 3.60. The summed E-state index contributed by atoms with van der Waals surface area (Å²) in [4.78, 5) is 0. The van der Waals surface area contributed by atoms with Crippen LogP contribution in [0.4, 0.5) is 51.8 Å². The van der Waals surface area contributed by atoms with Gasteiger partial charge in [0.05, 0.1) is 0 Å². The molecule has 1 aliphatic rings. The van der Waals surface area contributed by atoms with Crippen molar-refractivity contribution >= 4 is 21.8 Å². The molecule has 0 radical (unpaired) electrons. The molecule has 16 heteroatoms. The van der Waals surface area contributed by atoms with Gasteiger partial charge in [-0.1, -0.05) is 39.0 Å². The minimum Gasteiger partial charge on any atom is -1.00 e. The molecule has 23 heavy (non-hydrogen) atoms. The molecule has 1 fully saturated rings. The first-order valence-corrected chi connectivity index (χ1v) is 6.01. The summed E-state index contributed by atoms with van der Waals surface area (Å²) in [5.41, 5.74) is 0. The van der Waals surface area contributed by atoms with Crippen molar-refractivity contribution in [1.29, 1.82) is 0 Å². The van der Waals surface area contributed by atoms with Crippen LogP contribution in [0.2, 0.25) is 0 Å². The summed E-state index contributed by atoms with van der Waals surface area (Å²) in [5.74, 6) is 1.04. The Morgan fingerprint density at radius 3 is 0.826 bits per heavy atom. The Morgan fingerprint density at radius 1 is 0.565 bits per heavy atom. The van der Waals surface area contributed by atoms with Crippen LogP contribution in [-0.2, 0) is 0 Å². The van der Waals surface area contributed by atoms with Crippen molar-refractivity contribution in [3.63, 3.8) is 0 Å². The van der Waals surface area contributed by atoms with Gasteiger partial charge in [-0.15, -0.1) is 0 Å². The van der Waals surface area contributed by atoms with E-state index in [-0.39, 0.29) is 52.8 Å². The van der Waals surface area contributed by atoms with Crippen LogP contribution in [0.3, 0.4) is 0 Å². The number of hydrogen-bond donors (Lipinski definition) is 0. The van der Waals surface area contributed by atoms with E-state index >= 15 is 0 Å². The molecular weight excluding hydrogens is 384 g/mol. The molecule has 1 rings (SSSR count). The van der Waals surface area contributed by atoms with Gasteiger partial charge in [-0.2, -0.15) is 0 Å². The summed E-state index contributed by atoms with van der Waals surface area (Å²) in [6, 6.07) is 0. The normalized spacial score (nSPS) is 15.5. The predicted molar refractivity (Wildman–Crippen MR) is 63.9 cm³/mol. The first-order chi connectivity index (χ1) is 9.39. The average Bonchev–Trinajstić information content (AvgIpc) is 2.09. The van der Waals surface area contributed by atoms with Crippen LogP contribution in [0.15, 0.2) is 0 Å². The van der Waals surface area contributed by atoms with Crippen LogP contribution >= 0.6 is 0 Å². The Bertz CT molecular complexity index is 206. The molecule has 0 nitrogen and oxygen atoms in total. The van der Waals surface area contributed by atoms with Gasteiger partial charge in [0.15, 0.2) is 0 Å². The van der Waals surface area contributed by atoms with Crippen molar-refractivity contribution in [2.75, 3.05) is 0 Å². The maximum Gasteiger partial charge on any atom is 1.00 e. The van der Waals surface area contributed by atoms with E-state index < -0.39 is 21.8 Å². The summed E-state index contributed by atoms with van der Waals surface area (Å²) >= 11 is 0. The fraction of sp³-hybridized carbons (Fsp3) is 1.00. The summed E-state index contributed by atoms with van der Waals surface area (Å²) in [6.45, 7) is 2.36. The molecule has 0 unspecified atom stereocenters. The quantitative estimate of drug-likeness (QED) is 0.432. The number of rotatable bonds is 0. The van der Waals surface area contributed by atoms with Gasteiger partial charge in [0.2, 0.25) is 0 Å². The summed E-state index contributed by atoms with van der Waals surface area (Å²) in [6.07, 6.45) is 7.44. The molecule has 0 atom stereocenters. The SMILES string of the molecule is CC1CCCCC1.F[B-](F)(F)F.F[B-](F)(F)F.F[B-](F)(F)F.[H-].[K+]. The monoisotopic (exact) mass is 399 g/mol. The molecule has 1 saturated carbocycles. The molecule has 0 aromatic carbocycles. The molecule has 0 aliphatic heterocycles. The van der Waals surface area contributed by atoms with Gasteiger partial charge in [0.25, 0.3) is 0 Å². The van der Waals surface area contributed by atoms with Crippen molar-refractivity contribution in [2.45, 2.75) is 39.0 Å². The minimum absolute atomic E-state index is 0. The van der Waals surface area contributed by atoms with Crippen LogP contribution in [0, 0.1) is 5.92 Å². The Labute approximate surface area is 170 Å². The zero-order valence-corrected chi connectivity index (χ0v) is 15.5. The standard InChI is InChI=1S/C7H14.3BF4.K.H/c1-7-5-3-2-4-6-7;3*2-1(3,4)5;;/h7H,2-6H2,1H3;;;;;/q;3*-1;+1;-1. The van der Waals surface area contributed by atoms with E-state index in [1.165, 1.54) is 32.1 Å². The van der Waals surface area contributed by atoms with Gasteiger partial charge >= 0.3 is 73.1 Å². The molecular formula is C7H15B3F12K-3. The van der Waals surface area contributed by atoms with Crippen LogP contribution in [0.1, 0.15) is 40.5 Å². The van der Waals surface area contributed by atoms with Gasteiger partial charge < -0.3 is 53.2 Å². The maximum atomic E-state index is 9.75. The summed E-state index contributed by atoms with van der Waals surface area (Å²) in [5, 5.41) is 0. The van der Waals surface area contributed by atoms with E-state index in [2.05, 4.69) is 6.92 Å². The van der Waals surface area contributed by atoms with Crippen LogP contribution in [-0.4, -0.2) is 21.8 Å². The van der Waals surface area contributed by atoms with E-state index in [1.807, 2.05) is 0 Å². The molecule has 0 aromatic rings. The third-order valence-corrected chi connectivity index (χ3v) is 1.89. The van der Waals surface area contributed by atoms with Crippen LogP contribution < -0.4 is 51.4 Å². The van der Waals surface area contributed by atoms with Gasteiger partial charge in [-0.3, -0.25) is 0 Å². The zero-order chi connectivity index (χ0) is 18.6. The second kappa shape index (κ2) is 15.3. The van der Waals surface area contributed by atoms with Crippen molar-refractivity contribution in [3.05, 3.63) is 0 Å². The Hall–Kier alpha value is 0.991. The first-order valence-electron chi connectivity index (χ1n) is 6.01. The molecule has 0 bridgehead atoms. The van der Waals surface area contributed by atoms with Crippen molar-refractivity contribution in [3.8, 4) is 0 Å². The second-order valence-corrected chi connectivity index (χ2v) is 4.23. The molecule has 0 amide bonds. The largest absolute Gasteiger partial charge is 1.00 e. The van der Waals surface area contributed by atoms with Crippen LogP contribution in [0.5, 0.6) is 0 Å². The second-order valence-electron chi connectivity index (χ2n) is 4.23. The fourth-order valence-electron chi connectivity index (χ4n) is 1.31. The Morgan fingerprint density at radius 2 is 0.739 bits per heavy atom. The fourth-order valence-corrected chi connectivity index (χ4v) is 1.31. The first kappa shape index (κ1) is 31.7. The third-order valence-electron chi connectivity index (χ3n) is 1.89. The Balaban J connectivity index is -0.0000000661. The van der Waals surface area contributed by atoms with E-state index in [1.54, 1.807) is 0 Å². The zero-order valence-electron chi connectivity index (χ0n) is 13.4. The average molecular weight is 399 g/mol. The van der Waals surface area contributed by atoms with Gasteiger partial charge in [-0.05, 0) is 5.92 Å². The van der Waals surface area contributed by atoms with Crippen LogP contribution in [0.25, 0.3) is 0 Å². The molecule has 140 valence electrons. The van der Waals surface area contributed by atoms with Gasteiger partial charge in [0, 0.05) is 0 Å². The van der Waals surface area contributed by atoms with Gasteiger partial charge in [0.1, 0.15) is 0 Å². The molecule has 0 spiro atoms. The number of hydrogen-bond acceptors (Lipinski definition) is 0. The maximum absolute atomic E-state index is 9.75. The third kappa shape index (κ3) is 125. The van der Waals surface area contributed by atoms with Crippen molar-refractivity contribution in [2.24, 2.45) is 5.92 Å². The molecule has 1 aliphatic carbocycles. The van der Waals surface area contributed by atoms with E-state index in [9.17, 15) is 51.8 Å². The van der Waals surface area contributed by atoms with E-state index in [0.717, 1.165) is 5.92 Å². The van der Waals surface area contributed by atoms with E-state index in [4.69, 9.17) is 0 Å². The minimum atomic E-state index is -6.00. The Kier molecular flexibility index (Phi) is 21.1. The molecule has 0 aromatic heterocycles. The topological polar surface area (TPSA) is 0 Å². The molecule has 0 saturated heterocycles. The smallest absolute Gasteiger partial charge is 1.00 e. The summed E-state index contributed by atoms with van der Waals surface area (Å²) in [7, 11) is -18.0. The number of halogens is 12. The van der Waals surface area contributed by atoms with Crippen molar-refractivity contribution < 1.29 is 105 Å². The molecule has 0 heterocycles. The molecule has 0 N–H and O–H groups in total. The summed E-state index contributed by atoms with van der Waals surface area (Å²) < 4.78 is 117.